The highest BCUT2D eigenvalue weighted by Gasteiger charge is 2.22. The molecule has 0 aliphatic carbocycles. The molecule has 1 atom stereocenters. The molecule has 0 amide bonds. The van der Waals surface area contributed by atoms with Crippen molar-refractivity contribution in [2.45, 2.75) is 26.4 Å². The summed E-state index contributed by atoms with van der Waals surface area (Å²) in [6.45, 7) is 4.50. The van der Waals surface area contributed by atoms with Crippen LogP contribution in [0.4, 0.5) is 0 Å². The molecule has 0 radical (unpaired) electrons. The molecule has 0 spiro atoms. The maximum Gasteiger partial charge on any atom is 0.130 e. The second-order valence-corrected chi connectivity index (χ2v) is 3.94. The summed E-state index contributed by atoms with van der Waals surface area (Å²) in [5.41, 5.74) is 7.25. The summed E-state index contributed by atoms with van der Waals surface area (Å²) in [5.74, 6) is 1.50. The molecule has 0 bridgehead atoms. The van der Waals surface area contributed by atoms with E-state index in [1.165, 1.54) is 0 Å². The van der Waals surface area contributed by atoms with Gasteiger partial charge in [-0.3, -0.25) is 5.41 Å². The summed E-state index contributed by atoms with van der Waals surface area (Å²) >= 11 is 0. The summed E-state index contributed by atoms with van der Waals surface area (Å²) in [5, 5.41) is 7.51. The molecule has 0 fully saturated rings. The van der Waals surface area contributed by atoms with Crippen molar-refractivity contribution in [2.75, 3.05) is 6.61 Å². The molecule has 2 rings (SSSR count). The van der Waals surface area contributed by atoms with Crippen LogP contribution >= 0.6 is 0 Å². The second-order valence-electron chi connectivity index (χ2n) is 3.94. The van der Waals surface area contributed by atoms with E-state index in [0.29, 0.717) is 17.9 Å². The Labute approximate surface area is 94.9 Å². The third-order valence-corrected chi connectivity index (χ3v) is 2.59. The van der Waals surface area contributed by atoms with E-state index in [1.807, 2.05) is 19.9 Å². The van der Waals surface area contributed by atoms with Crippen molar-refractivity contribution in [1.29, 1.82) is 5.41 Å². The Hall–Kier alpha value is -1.71. The number of fused-ring (bicyclic) bond motifs is 1. The highest BCUT2D eigenvalue weighted by Crippen LogP contribution is 2.34. The van der Waals surface area contributed by atoms with Gasteiger partial charge in [0.1, 0.15) is 23.4 Å². The van der Waals surface area contributed by atoms with Crippen LogP contribution in [0.25, 0.3) is 0 Å². The van der Waals surface area contributed by atoms with Crippen LogP contribution in [0, 0.1) is 5.41 Å². The van der Waals surface area contributed by atoms with Gasteiger partial charge in [0, 0.05) is 12.0 Å². The molecule has 1 heterocycles. The molecule has 1 aromatic rings. The Morgan fingerprint density at radius 2 is 2.38 bits per heavy atom. The number of nitrogen functional groups attached to an aromatic ring is 1. The maximum absolute atomic E-state index is 7.51. The SMILES string of the molecule is CCOc1cc2c(cc1C(=N)N)OC(C)C2. The highest BCUT2D eigenvalue weighted by atomic mass is 16.5. The normalized spacial score (nSPS) is 17.8. The van der Waals surface area contributed by atoms with E-state index in [0.717, 1.165) is 17.7 Å². The van der Waals surface area contributed by atoms with Crippen molar-refractivity contribution in [1.82, 2.24) is 0 Å². The van der Waals surface area contributed by atoms with E-state index in [1.54, 1.807) is 6.07 Å². The number of hydrogen-bond acceptors (Lipinski definition) is 3. The first kappa shape index (κ1) is 10.8. The van der Waals surface area contributed by atoms with Gasteiger partial charge in [-0.25, -0.2) is 0 Å². The largest absolute Gasteiger partial charge is 0.493 e. The third-order valence-electron chi connectivity index (χ3n) is 2.59. The van der Waals surface area contributed by atoms with Gasteiger partial charge in [-0.15, -0.1) is 0 Å². The number of nitrogens with two attached hydrogens (primary N) is 1. The van der Waals surface area contributed by atoms with Crippen molar-refractivity contribution < 1.29 is 9.47 Å². The second kappa shape index (κ2) is 4.04. The fourth-order valence-electron chi connectivity index (χ4n) is 1.92. The van der Waals surface area contributed by atoms with E-state index in [4.69, 9.17) is 20.6 Å². The smallest absolute Gasteiger partial charge is 0.130 e. The lowest BCUT2D eigenvalue weighted by Crippen LogP contribution is -2.13. The molecular formula is C12H16N2O2. The fraction of sp³-hybridized carbons (Fsp3) is 0.417. The van der Waals surface area contributed by atoms with Crippen molar-refractivity contribution in [2.24, 2.45) is 5.73 Å². The van der Waals surface area contributed by atoms with E-state index in [-0.39, 0.29) is 11.9 Å². The molecular weight excluding hydrogens is 204 g/mol. The molecule has 1 aliphatic heterocycles. The lowest BCUT2D eigenvalue weighted by molar-refractivity contribution is 0.254. The van der Waals surface area contributed by atoms with Crippen LogP contribution in [0.2, 0.25) is 0 Å². The molecule has 3 N–H and O–H groups in total. The Bertz CT molecular complexity index is 429. The fourth-order valence-corrected chi connectivity index (χ4v) is 1.92. The number of hydrogen-bond donors (Lipinski definition) is 2. The lowest BCUT2D eigenvalue weighted by Gasteiger charge is -2.11. The van der Waals surface area contributed by atoms with Gasteiger partial charge >= 0.3 is 0 Å². The number of amidine groups is 1. The van der Waals surface area contributed by atoms with Crippen LogP contribution in [-0.2, 0) is 6.42 Å². The van der Waals surface area contributed by atoms with Crippen LogP contribution in [0.15, 0.2) is 12.1 Å². The van der Waals surface area contributed by atoms with E-state index >= 15 is 0 Å². The van der Waals surface area contributed by atoms with Gasteiger partial charge in [-0.05, 0) is 26.0 Å². The minimum atomic E-state index is 0.00871. The minimum absolute atomic E-state index is 0.00871. The Morgan fingerprint density at radius 3 is 3.00 bits per heavy atom. The molecule has 1 unspecified atom stereocenters. The summed E-state index contributed by atoms with van der Waals surface area (Å²) < 4.78 is 11.1. The molecule has 1 aliphatic rings. The van der Waals surface area contributed by atoms with E-state index in [2.05, 4.69) is 0 Å². The van der Waals surface area contributed by atoms with Crippen LogP contribution in [0.3, 0.4) is 0 Å². The van der Waals surface area contributed by atoms with Gasteiger partial charge in [-0.2, -0.15) is 0 Å². The molecule has 0 saturated carbocycles. The van der Waals surface area contributed by atoms with Crippen molar-refractivity contribution in [3.8, 4) is 11.5 Å². The summed E-state index contributed by atoms with van der Waals surface area (Å²) in [7, 11) is 0. The molecule has 4 heteroatoms. The van der Waals surface area contributed by atoms with Gasteiger partial charge in [0.25, 0.3) is 0 Å². The molecule has 1 aromatic carbocycles. The van der Waals surface area contributed by atoms with Gasteiger partial charge < -0.3 is 15.2 Å². The van der Waals surface area contributed by atoms with Crippen molar-refractivity contribution >= 4 is 5.84 Å². The summed E-state index contributed by atoms with van der Waals surface area (Å²) in [6.07, 6.45) is 1.07. The summed E-state index contributed by atoms with van der Waals surface area (Å²) in [4.78, 5) is 0. The van der Waals surface area contributed by atoms with Crippen molar-refractivity contribution in [3.63, 3.8) is 0 Å². The van der Waals surface area contributed by atoms with E-state index in [9.17, 15) is 0 Å². The van der Waals surface area contributed by atoms with Crippen LogP contribution < -0.4 is 15.2 Å². The third kappa shape index (κ3) is 1.83. The monoisotopic (exact) mass is 220 g/mol. The highest BCUT2D eigenvalue weighted by molar-refractivity contribution is 5.98. The standard InChI is InChI=1S/C12H16N2O2/c1-3-15-11-5-8-4-7(2)16-10(8)6-9(11)12(13)14/h5-7H,3-4H2,1-2H3,(H3,13,14). The molecule has 86 valence electrons. The van der Waals surface area contributed by atoms with Gasteiger partial charge in [-0.1, -0.05) is 0 Å². The van der Waals surface area contributed by atoms with Crippen LogP contribution in [0.1, 0.15) is 25.0 Å². The molecule has 16 heavy (non-hydrogen) atoms. The number of nitrogens with one attached hydrogen (secondary N) is 1. The van der Waals surface area contributed by atoms with Gasteiger partial charge in [0.05, 0.1) is 12.2 Å². The first-order valence-electron chi connectivity index (χ1n) is 5.42. The Balaban J connectivity index is 2.45. The number of ether oxygens (including phenoxy) is 2. The Kier molecular flexibility index (Phi) is 2.73. The number of rotatable bonds is 3. The van der Waals surface area contributed by atoms with Crippen LogP contribution in [-0.4, -0.2) is 18.5 Å². The number of benzene rings is 1. The zero-order valence-corrected chi connectivity index (χ0v) is 9.54. The molecule has 0 saturated heterocycles. The Morgan fingerprint density at radius 1 is 1.62 bits per heavy atom. The molecule has 4 nitrogen and oxygen atoms in total. The predicted octanol–water partition coefficient (Wildman–Crippen LogP) is 1.69. The summed E-state index contributed by atoms with van der Waals surface area (Å²) in [6, 6.07) is 3.73. The topological polar surface area (TPSA) is 68.3 Å². The predicted molar refractivity (Wildman–Crippen MR) is 62.4 cm³/mol. The average molecular weight is 220 g/mol. The quantitative estimate of drug-likeness (QED) is 0.601. The van der Waals surface area contributed by atoms with E-state index < -0.39 is 0 Å². The van der Waals surface area contributed by atoms with Gasteiger partial charge in [0.15, 0.2) is 0 Å². The van der Waals surface area contributed by atoms with Gasteiger partial charge in [0.2, 0.25) is 0 Å². The zero-order valence-electron chi connectivity index (χ0n) is 9.54. The average Bonchev–Trinajstić information content (AvgIpc) is 2.56. The maximum atomic E-state index is 7.51. The molecule has 0 aromatic heterocycles. The first-order chi connectivity index (χ1) is 7.61. The zero-order chi connectivity index (χ0) is 11.7. The lowest BCUT2D eigenvalue weighted by atomic mass is 10.1. The first-order valence-corrected chi connectivity index (χ1v) is 5.42. The van der Waals surface area contributed by atoms with Crippen molar-refractivity contribution in [3.05, 3.63) is 23.3 Å². The minimum Gasteiger partial charge on any atom is -0.493 e. The van der Waals surface area contributed by atoms with Crippen LogP contribution in [0.5, 0.6) is 11.5 Å².